The summed E-state index contributed by atoms with van der Waals surface area (Å²) >= 11 is 1.72. The quantitative estimate of drug-likeness (QED) is 0.906. The molecule has 1 aliphatic heterocycles. The summed E-state index contributed by atoms with van der Waals surface area (Å²) in [6.07, 6.45) is 2.98. The Morgan fingerprint density at radius 3 is 3.06 bits per heavy atom. The molecule has 90 valence electrons. The molecule has 0 atom stereocenters. The van der Waals surface area contributed by atoms with Crippen LogP contribution >= 0.6 is 11.3 Å². The van der Waals surface area contributed by atoms with Gasteiger partial charge in [-0.2, -0.15) is 4.98 Å². The van der Waals surface area contributed by atoms with Crippen molar-refractivity contribution in [1.29, 1.82) is 0 Å². The molecule has 1 aliphatic rings. The van der Waals surface area contributed by atoms with E-state index in [-0.39, 0.29) is 0 Å². The summed E-state index contributed by atoms with van der Waals surface area (Å²) < 4.78 is 5.32. The molecule has 2 aromatic heterocycles. The van der Waals surface area contributed by atoms with E-state index >= 15 is 0 Å². The van der Waals surface area contributed by atoms with Crippen LogP contribution in [-0.4, -0.2) is 23.2 Å². The zero-order valence-electron chi connectivity index (χ0n) is 9.56. The van der Waals surface area contributed by atoms with Gasteiger partial charge < -0.3 is 9.84 Å². The molecule has 0 aromatic carbocycles. The van der Waals surface area contributed by atoms with Gasteiger partial charge in [-0.15, -0.1) is 11.3 Å². The number of aromatic nitrogens is 2. The minimum Gasteiger partial charge on any atom is -0.339 e. The number of thiophene rings is 1. The summed E-state index contributed by atoms with van der Waals surface area (Å²) in [5.74, 6) is 2.09. The first-order valence-electron chi connectivity index (χ1n) is 5.97. The third-order valence-electron chi connectivity index (χ3n) is 3.09. The van der Waals surface area contributed by atoms with Crippen molar-refractivity contribution >= 4 is 11.3 Å². The summed E-state index contributed by atoms with van der Waals surface area (Å²) in [4.78, 5) is 5.78. The topological polar surface area (TPSA) is 51.0 Å². The number of rotatable bonds is 3. The SMILES string of the molecule is c1csc(Cc2nc(C3CCNCC3)no2)c1. The lowest BCUT2D eigenvalue weighted by molar-refractivity contribution is 0.365. The van der Waals surface area contributed by atoms with Crippen molar-refractivity contribution in [2.24, 2.45) is 0 Å². The van der Waals surface area contributed by atoms with Crippen LogP contribution in [0.4, 0.5) is 0 Å². The highest BCUT2D eigenvalue weighted by molar-refractivity contribution is 7.09. The van der Waals surface area contributed by atoms with E-state index in [0.717, 1.165) is 44.1 Å². The standard InChI is InChI=1S/C12H15N3OS/c1-2-10(17-7-1)8-11-14-12(15-16-11)9-3-5-13-6-4-9/h1-2,7,9,13H,3-6,8H2. The van der Waals surface area contributed by atoms with Crippen molar-refractivity contribution in [2.75, 3.05) is 13.1 Å². The molecule has 0 aliphatic carbocycles. The van der Waals surface area contributed by atoms with E-state index in [1.54, 1.807) is 11.3 Å². The second-order valence-corrected chi connectivity index (χ2v) is 5.36. The summed E-state index contributed by atoms with van der Waals surface area (Å²) in [5.41, 5.74) is 0. The molecule has 4 nitrogen and oxygen atoms in total. The summed E-state index contributed by atoms with van der Waals surface area (Å²) in [6.45, 7) is 2.11. The summed E-state index contributed by atoms with van der Waals surface area (Å²) in [5, 5.41) is 9.52. The lowest BCUT2D eigenvalue weighted by Crippen LogP contribution is -2.27. The van der Waals surface area contributed by atoms with Crippen molar-refractivity contribution in [1.82, 2.24) is 15.5 Å². The fourth-order valence-corrected chi connectivity index (χ4v) is 2.84. The van der Waals surface area contributed by atoms with Gasteiger partial charge in [0.25, 0.3) is 0 Å². The molecule has 3 rings (SSSR count). The zero-order valence-corrected chi connectivity index (χ0v) is 10.4. The third-order valence-corrected chi connectivity index (χ3v) is 3.97. The Morgan fingerprint density at radius 1 is 1.41 bits per heavy atom. The van der Waals surface area contributed by atoms with E-state index in [1.165, 1.54) is 4.88 Å². The number of hydrogen-bond acceptors (Lipinski definition) is 5. The molecule has 0 spiro atoms. The van der Waals surface area contributed by atoms with Crippen LogP contribution in [0.25, 0.3) is 0 Å². The van der Waals surface area contributed by atoms with Crippen molar-refractivity contribution in [3.05, 3.63) is 34.1 Å². The molecule has 17 heavy (non-hydrogen) atoms. The lowest BCUT2D eigenvalue weighted by atomic mass is 9.98. The number of hydrogen-bond donors (Lipinski definition) is 1. The average Bonchev–Trinajstić information content (AvgIpc) is 3.02. The van der Waals surface area contributed by atoms with Crippen LogP contribution in [0.5, 0.6) is 0 Å². The van der Waals surface area contributed by atoms with Crippen LogP contribution in [0.1, 0.15) is 35.4 Å². The Morgan fingerprint density at radius 2 is 2.29 bits per heavy atom. The molecular formula is C12H15N3OS. The normalized spacial score (nSPS) is 17.4. The Kier molecular flexibility index (Phi) is 3.20. The Hall–Kier alpha value is -1.20. The molecule has 0 bridgehead atoms. The number of piperidine rings is 1. The van der Waals surface area contributed by atoms with Crippen LogP contribution in [0.2, 0.25) is 0 Å². The fraction of sp³-hybridized carbons (Fsp3) is 0.500. The van der Waals surface area contributed by atoms with Gasteiger partial charge in [0.05, 0.1) is 6.42 Å². The van der Waals surface area contributed by atoms with Crippen LogP contribution in [0.3, 0.4) is 0 Å². The predicted molar refractivity (Wildman–Crippen MR) is 66.3 cm³/mol. The van der Waals surface area contributed by atoms with Gasteiger partial charge in [0.15, 0.2) is 5.82 Å². The van der Waals surface area contributed by atoms with E-state index in [2.05, 4.69) is 26.9 Å². The van der Waals surface area contributed by atoms with Crippen LogP contribution < -0.4 is 5.32 Å². The van der Waals surface area contributed by atoms with E-state index in [4.69, 9.17) is 4.52 Å². The molecule has 0 radical (unpaired) electrons. The highest BCUT2D eigenvalue weighted by atomic mass is 32.1. The van der Waals surface area contributed by atoms with Crippen molar-refractivity contribution in [2.45, 2.75) is 25.2 Å². The molecule has 1 fully saturated rings. The maximum atomic E-state index is 5.32. The second kappa shape index (κ2) is 4.98. The smallest absolute Gasteiger partial charge is 0.231 e. The molecule has 1 saturated heterocycles. The van der Waals surface area contributed by atoms with E-state index in [1.807, 2.05) is 6.07 Å². The Bertz CT molecular complexity index is 460. The van der Waals surface area contributed by atoms with Crippen LogP contribution in [-0.2, 0) is 6.42 Å². The fourth-order valence-electron chi connectivity index (χ4n) is 2.15. The largest absolute Gasteiger partial charge is 0.339 e. The Labute approximate surface area is 104 Å². The maximum absolute atomic E-state index is 5.32. The first-order valence-corrected chi connectivity index (χ1v) is 6.85. The van der Waals surface area contributed by atoms with Gasteiger partial charge in [0, 0.05) is 10.8 Å². The molecule has 1 N–H and O–H groups in total. The van der Waals surface area contributed by atoms with Gasteiger partial charge in [0.2, 0.25) is 5.89 Å². The summed E-state index contributed by atoms with van der Waals surface area (Å²) in [6, 6.07) is 4.14. The van der Waals surface area contributed by atoms with Gasteiger partial charge in [-0.05, 0) is 37.4 Å². The van der Waals surface area contributed by atoms with E-state index in [9.17, 15) is 0 Å². The molecule has 0 amide bonds. The molecular weight excluding hydrogens is 234 g/mol. The average molecular weight is 249 g/mol. The van der Waals surface area contributed by atoms with Gasteiger partial charge >= 0.3 is 0 Å². The molecule has 3 heterocycles. The molecule has 2 aromatic rings. The zero-order chi connectivity index (χ0) is 11.5. The monoisotopic (exact) mass is 249 g/mol. The Balaban J connectivity index is 1.69. The highest BCUT2D eigenvalue weighted by Gasteiger charge is 2.20. The predicted octanol–water partition coefficient (Wildman–Crippen LogP) is 2.19. The number of nitrogens with one attached hydrogen (secondary N) is 1. The first-order chi connectivity index (χ1) is 8.42. The minimum absolute atomic E-state index is 0.470. The van der Waals surface area contributed by atoms with Gasteiger partial charge in [-0.1, -0.05) is 11.2 Å². The third kappa shape index (κ3) is 2.56. The van der Waals surface area contributed by atoms with Crippen molar-refractivity contribution in [3.8, 4) is 0 Å². The lowest BCUT2D eigenvalue weighted by Gasteiger charge is -2.18. The van der Waals surface area contributed by atoms with Crippen molar-refractivity contribution < 1.29 is 4.52 Å². The van der Waals surface area contributed by atoms with Gasteiger partial charge in [0.1, 0.15) is 0 Å². The van der Waals surface area contributed by atoms with Gasteiger partial charge in [-0.25, -0.2) is 0 Å². The van der Waals surface area contributed by atoms with Crippen molar-refractivity contribution in [3.63, 3.8) is 0 Å². The molecule has 0 unspecified atom stereocenters. The second-order valence-electron chi connectivity index (χ2n) is 4.33. The highest BCUT2D eigenvalue weighted by Crippen LogP contribution is 2.23. The van der Waals surface area contributed by atoms with E-state index in [0.29, 0.717) is 5.92 Å². The van der Waals surface area contributed by atoms with Crippen LogP contribution in [0, 0.1) is 0 Å². The molecule has 0 saturated carbocycles. The van der Waals surface area contributed by atoms with E-state index < -0.39 is 0 Å². The molecule has 5 heteroatoms. The summed E-state index contributed by atoms with van der Waals surface area (Å²) in [7, 11) is 0. The minimum atomic E-state index is 0.470. The van der Waals surface area contributed by atoms with Gasteiger partial charge in [-0.3, -0.25) is 0 Å². The van der Waals surface area contributed by atoms with Crippen LogP contribution in [0.15, 0.2) is 22.0 Å². The first kappa shape index (κ1) is 10.9. The number of nitrogens with zero attached hydrogens (tertiary/aromatic N) is 2. The maximum Gasteiger partial charge on any atom is 0.231 e.